The second-order valence-corrected chi connectivity index (χ2v) is 4.74. The number of ether oxygens (including phenoxy) is 1. The van der Waals surface area contributed by atoms with E-state index in [0.29, 0.717) is 17.2 Å². The molecule has 0 spiro atoms. The molecule has 0 saturated heterocycles. The van der Waals surface area contributed by atoms with Crippen LogP contribution in [0, 0.1) is 11.3 Å². The number of hydrazine groups is 1. The van der Waals surface area contributed by atoms with Gasteiger partial charge in [-0.3, -0.25) is 5.43 Å². The highest BCUT2D eigenvalue weighted by Crippen LogP contribution is 2.32. The van der Waals surface area contributed by atoms with Gasteiger partial charge in [0.2, 0.25) is 11.8 Å². The van der Waals surface area contributed by atoms with Crippen molar-refractivity contribution in [3.05, 3.63) is 41.3 Å². The quantitative estimate of drug-likeness (QED) is 0.566. The summed E-state index contributed by atoms with van der Waals surface area (Å²) in [6.45, 7) is 0. The molecule has 0 amide bonds. The summed E-state index contributed by atoms with van der Waals surface area (Å²) in [5.41, 5.74) is 2.84. The minimum absolute atomic E-state index is 0.268. The lowest BCUT2D eigenvalue weighted by Crippen LogP contribution is -2.10. The first kappa shape index (κ1) is 12.3. The molecule has 1 aromatic carbocycles. The third-order valence-corrected chi connectivity index (χ3v) is 3.44. The normalized spacial score (nSPS) is 10.2. The zero-order valence-electron chi connectivity index (χ0n) is 10.2. The average Bonchev–Trinajstić information content (AvgIpc) is 2.96. The maximum Gasteiger partial charge on any atom is 0.241 e. The number of para-hydroxylation sites is 1. The van der Waals surface area contributed by atoms with Crippen LogP contribution in [-0.2, 0) is 0 Å². The number of nitrogens with one attached hydrogen (secondary N) is 1. The molecular formula is C13H9N5OS. The van der Waals surface area contributed by atoms with E-state index in [4.69, 9.17) is 15.8 Å². The Balaban J connectivity index is 2.10. The van der Waals surface area contributed by atoms with Gasteiger partial charge in [-0.25, -0.2) is 10.8 Å². The number of hydrogen-bond acceptors (Lipinski definition) is 7. The maximum atomic E-state index is 9.08. The number of rotatable bonds is 3. The summed E-state index contributed by atoms with van der Waals surface area (Å²) < 4.78 is 5.75. The van der Waals surface area contributed by atoms with E-state index in [0.717, 1.165) is 10.2 Å². The van der Waals surface area contributed by atoms with Crippen LogP contribution in [0.4, 0.5) is 5.95 Å². The molecule has 2 aromatic heterocycles. The molecule has 20 heavy (non-hydrogen) atoms. The van der Waals surface area contributed by atoms with Gasteiger partial charge < -0.3 is 4.74 Å². The first-order valence-electron chi connectivity index (χ1n) is 5.70. The highest BCUT2D eigenvalue weighted by Gasteiger charge is 2.12. The molecule has 3 aromatic rings. The second kappa shape index (κ2) is 5.13. The van der Waals surface area contributed by atoms with Gasteiger partial charge in [0.05, 0.1) is 10.9 Å². The van der Waals surface area contributed by atoms with E-state index in [1.165, 1.54) is 11.3 Å². The highest BCUT2D eigenvalue weighted by molar-refractivity contribution is 7.16. The van der Waals surface area contributed by atoms with Crippen molar-refractivity contribution in [1.82, 2.24) is 9.97 Å². The number of fused-ring (bicyclic) bond motifs is 1. The van der Waals surface area contributed by atoms with Crippen LogP contribution >= 0.6 is 11.3 Å². The lowest BCUT2D eigenvalue weighted by Gasteiger charge is -2.08. The Kier molecular flexibility index (Phi) is 3.16. The van der Waals surface area contributed by atoms with Gasteiger partial charge in [-0.1, -0.05) is 12.1 Å². The molecule has 0 aliphatic carbocycles. The fourth-order valence-electron chi connectivity index (χ4n) is 1.72. The van der Waals surface area contributed by atoms with Gasteiger partial charge in [-0.15, -0.1) is 11.3 Å². The van der Waals surface area contributed by atoms with Gasteiger partial charge in [0.25, 0.3) is 0 Å². The van der Waals surface area contributed by atoms with E-state index >= 15 is 0 Å². The molecular weight excluding hydrogens is 274 g/mol. The standard InChI is InChI=1S/C13H9N5OS/c14-7-8-3-1-2-4-10(8)19-11-9-5-6-20-12(9)17-13(16-11)18-15/h1-6H,15H2,(H,16,17,18). The van der Waals surface area contributed by atoms with Crippen molar-refractivity contribution < 1.29 is 4.74 Å². The topological polar surface area (TPSA) is 96.8 Å². The fourth-order valence-corrected chi connectivity index (χ4v) is 2.48. The Morgan fingerprint density at radius 2 is 2.10 bits per heavy atom. The van der Waals surface area contributed by atoms with Crippen LogP contribution in [0.25, 0.3) is 10.2 Å². The number of benzene rings is 1. The van der Waals surface area contributed by atoms with Crippen LogP contribution in [-0.4, -0.2) is 9.97 Å². The summed E-state index contributed by atoms with van der Waals surface area (Å²) >= 11 is 1.46. The molecule has 0 saturated carbocycles. The van der Waals surface area contributed by atoms with Crippen LogP contribution in [0.3, 0.4) is 0 Å². The Bertz CT molecular complexity index is 808. The number of nitrogens with zero attached hydrogens (tertiary/aromatic N) is 3. The number of nitrogens with two attached hydrogens (primary N) is 1. The van der Waals surface area contributed by atoms with Gasteiger partial charge in [-0.05, 0) is 23.6 Å². The SMILES string of the molecule is N#Cc1ccccc1Oc1nc(NN)nc2sccc12. The van der Waals surface area contributed by atoms with Crippen molar-refractivity contribution in [2.45, 2.75) is 0 Å². The molecule has 0 bridgehead atoms. The maximum absolute atomic E-state index is 9.08. The minimum Gasteiger partial charge on any atom is -0.437 e. The largest absolute Gasteiger partial charge is 0.437 e. The molecule has 0 atom stereocenters. The monoisotopic (exact) mass is 283 g/mol. The Morgan fingerprint density at radius 3 is 2.90 bits per heavy atom. The van der Waals surface area contributed by atoms with E-state index in [9.17, 15) is 0 Å². The van der Waals surface area contributed by atoms with Crippen molar-refractivity contribution in [3.63, 3.8) is 0 Å². The van der Waals surface area contributed by atoms with Crippen molar-refractivity contribution in [1.29, 1.82) is 5.26 Å². The van der Waals surface area contributed by atoms with E-state index in [1.807, 2.05) is 11.4 Å². The molecule has 7 heteroatoms. The van der Waals surface area contributed by atoms with Crippen LogP contribution in [0.2, 0.25) is 0 Å². The number of nitrogen functional groups attached to an aromatic ring is 1. The number of nitriles is 1. The molecule has 0 aliphatic rings. The van der Waals surface area contributed by atoms with Crippen molar-refractivity contribution in [2.75, 3.05) is 5.43 Å². The predicted molar refractivity (Wildman–Crippen MR) is 76.5 cm³/mol. The Morgan fingerprint density at radius 1 is 1.25 bits per heavy atom. The van der Waals surface area contributed by atoms with E-state index in [-0.39, 0.29) is 5.95 Å². The summed E-state index contributed by atoms with van der Waals surface area (Å²) in [4.78, 5) is 9.18. The van der Waals surface area contributed by atoms with E-state index in [2.05, 4.69) is 21.5 Å². The zero-order valence-corrected chi connectivity index (χ0v) is 11.0. The Hall–Kier alpha value is -2.69. The molecule has 3 N–H and O–H groups in total. The summed E-state index contributed by atoms with van der Waals surface area (Å²) in [7, 11) is 0. The van der Waals surface area contributed by atoms with E-state index < -0.39 is 0 Å². The van der Waals surface area contributed by atoms with Gasteiger partial charge in [0, 0.05) is 0 Å². The van der Waals surface area contributed by atoms with Gasteiger partial charge in [-0.2, -0.15) is 10.2 Å². The first-order valence-corrected chi connectivity index (χ1v) is 6.58. The molecule has 0 aliphatic heterocycles. The zero-order chi connectivity index (χ0) is 13.9. The van der Waals surface area contributed by atoms with Crippen molar-refractivity contribution >= 4 is 27.5 Å². The number of hydrogen-bond donors (Lipinski definition) is 2. The fraction of sp³-hybridized carbons (Fsp3) is 0. The molecule has 3 rings (SSSR count). The second-order valence-electron chi connectivity index (χ2n) is 3.85. The minimum atomic E-state index is 0.268. The van der Waals surface area contributed by atoms with Crippen LogP contribution in [0.15, 0.2) is 35.7 Å². The predicted octanol–water partition coefficient (Wildman–Crippen LogP) is 2.64. The van der Waals surface area contributed by atoms with Crippen LogP contribution in [0.5, 0.6) is 11.6 Å². The van der Waals surface area contributed by atoms with Gasteiger partial charge >= 0.3 is 0 Å². The lowest BCUT2D eigenvalue weighted by molar-refractivity contribution is 0.467. The summed E-state index contributed by atoms with van der Waals surface area (Å²) in [5.74, 6) is 6.43. The van der Waals surface area contributed by atoms with Crippen molar-refractivity contribution in [3.8, 4) is 17.7 Å². The highest BCUT2D eigenvalue weighted by atomic mass is 32.1. The number of thiophene rings is 1. The smallest absolute Gasteiger partial charge is 0.241 e. The Labute approximate surface area is 118 Å². The average molecular weight is 283 g/mol. The third kappa shape index (κ3) is 2.14. The lowest BCUT2D eigenvalue weighted by atomic mass is 10.2. The molecule has 0 unspecified atom stereocenters. The van der Waals surface area contributed by atoms with E-state index in [1.54, 1.807) is 24.3 Å². The van der Waals surface area contributed by atoms with Crippen molar-refractivity contribution in [2.24, 2.45) is 5.84 Å². The molecule has 98 valence electrons. The molecule has 6 nitrogen and oxygen atoms in total. The van der Waals surface area contributed by atoms with Crippen LogP contribution < -0.4 is 16.0 Å². The third-order valence-electron chi connectivity index (χ3n) is 2.63. The molecule has 0 fully saturated rings. The first-order chi connectivity index (χ1) is 9.81. The summed E-state index contributed by atoms with van der Waals surface area (Å²) in [6, 6.07) is 10.9. The molecule has 0 radical (unpaired) electrons. The number of anilines is 1. The van der Waals surface area contributed by atoms with Gasteiger partial charge in [0.15, 0.2) is 0 Å². The number of aromatic nitrogens is 2. The van der Waals surface area contributed by atoms with Gasteiger partial charge in [0.1, 0.15) is 16.6 Å². The summed E-state index contributed by atoms with van der Waals surface area (Å²) in [5, 5.41) is 11.7. The molecule has 2 heterocycles. The van der Waals surface area contributed by atoms with Crippen LogP contribution in [0.1, 0.15) is 5.56 Å². The summed E-state index contributed by atoms with van der Waals surface area (Å²) in [6.07, 6.45) is 0.